The van der Waals surface area contributed by atoms with Crippen LogP contribution in [0, 0.1) is 0 Å². The molecule has 2 heterocycles. The normalized spacial score (nSPS) is 21.8. The van der Waals surface area contributed by atoms with Crippen LogP contribution in [0.15, 0.2) is 24.3 Å². The van der Waals surface area contributed by atoms with Crippen molar-refractivity contribution in [3.8, 4) is 0 Å². The van der Waals surface area contributed by atoms with Crippen molar-refractivity contribution in [1.29, 1.82) is 0 Å². The molecule has 2 fully saturated rings. The third-order valence-electron chi connectivity index (χ3n) is 5.49. The monoisotopic (exact) mass is 358 g/mol. The molecule has 142 valence electrons. The summed E-state index contributed by atoms with van der Waals surface area (Å²) in [4.78, 5) is 31.1. The Bertz CT molecular complexity index is 625. The average Bonchev–Trinajstić information content (AvgIpc) is 3.17. The molecular formula is C20H30N4O2. The van der Waals surface area contributed by atoms with E-state index < -0.39 is 0 Å². The molecule has 1 aromatic carbocycles. The van der Waals surface area contributed by atoms with Gasteiger partial charge >= 0.3 is 0 Å². The van der Waals surface area contributed by atoms with Gasteiger partial charge in [-0.15, -0.1) is 0 Å². The molecule has 2 amide bonds. The molecule has 2 aliphatic rings. The standard InChI is InChI=1S/C20H30N4O2/c1-22-11-12-23(2)18(15-22)13-19(25)21-14-16-5-7-17(8-6-16)20(26)24-9-3-4-10-24/h5-8,18H,3-4,9-15H2,1-2H3,(H,21,25)/t18-/m1/s1. The number of carbonyl (C=O) groups excluding carboxylic acids is 2. The van der Waals surface area contributed by atoms with Gasteiger partial charge in [-0.2, -0.15) is 0 Å². The van der Waals surface area contributed by atoms with Gasteiger partial charge in [0.15, 0.2) is 0 Å². The summed E-state index contributed by atoms with van der Waals surface area (Å²) in [5.74, 6) is 0.192. The summed E-state index contributed by atoms with van der Waals surface area (Å²) in [7, 11) is 4.18. The molecule has 0 radical (unpaired) electrons. The number of likely N-dealkylation sites (tertiary alicyclic amines) is 1. The molecule has 1 atom stereocenters. The second-order valence-electron chi connectivity index (χ2n) is 7.57. The molecule has 6 nitrogen and oxygen atoms in total. The summed E-state index contributed by atoms with van der Waals surface area (Å²) < 4.78 is 0. The molecule has 6 heteroatoms. The average molecular weight is 358 g/mol. The first kappa shape index (κ1) is 18.9. The van der Waals surface area contributed by atoms with Gasteiger partial charge < -0.3 is 20.0 Å². The second kappa shape index (κ2) is 8.64. The number of nitrogens with one attached hydrogen (secondary N) is 1. The summed E-state index contributed by atoms with van der Waals surface area (Å²) in [6, 6.07) is 7.88. The highest BCUT2D eigenvalue weighted by Crippen LogP contribution is 2.14. The molecule has 3 rings (SSSR count). The van der Waals surface area contributed by atoms with E-state index in [-0.39, 0.29) is 17.9 Å². The second-order valence-corrected chi connectivity index (χ2v) is 7.57. The first-order valence-corrected chi connectivity index (χ1v) is 9.56. The molecule has 1 N–H and O–H groups in total. The predicted octanol–water partition coefficient (Wildman–Crippen LogP) is 1.17. The highest BCUT2D eigenvalue weighted by molar-refractivity contribution is 5.94. The quantitative estimate of drug-likeness (QED) is 0.859. The van der Waals surface area contributed by atoms with Crippen LogP contribution in [0.4, 0.5) is 0 Å². The van der Waals surface area contributed by atoms with Crippen LogP contribution in [-0.2, 0) is 11.3 Å². The van der Waals surface area contributed by atoms with Crippen molar-refractivity contribution in [2.45, 2.75) is 31.8 Å². The summed E-state index contributed by atoms with van der Waals surface area (Å²) in [5.41, 5.74) is 1.75. The fourth-order valence-electron chi connectivity index (χ4n) is 3.68. The summed E-state index contributed by atoms with van der Waals surface area (Å²) in [5, 5.41) is 3.01. The lowest BCUT2D eigenvalue weighted by Crippen LogP contribution is -2.51. The van der Waals surface area contributed by atoms with Crippen LogP contribution in [0.2, 0.25) is 0 Å². The Morgan fingerprint density at radius 2 is 1.73 bits per heavy atom. The molecule has 2 aliphatic heterocycles. The van der Waals surface area contributed by atoms with E-state index in [1.165, 1.54) is 0 Å². The number of nitrogens with zero attached hydrogens (tertiary/aromatic N) is 3. The Hall–Kier alpha value is -1.92. The van der Waals surface area contributed by atoms with E-state index in [1.54, 1.807) is 0 Å². The summed E-state index contributed by atoms with van der Waals surface area (Å²) in [6.45, 7) is 5.21. The zero-order valence-electron chi connectivity index (χ0n) is 15.9. The molecule has 0 aliphatic carbocycles. The largest absolute Gasteiger partial charge is 0.352 e. The zero-order valence-corrected chi connectivity index (χ0v) is 15.9. The topological polar surface area (TPSA) is 55.9 Å². The minimum absolute atomic E-state index is 0.0781. The number of benzene rings is 1. The van der Waals surface area contributed by atoms with E-state index in [0.29, 0.717) is 13.0 Å². The lowest BCUT2D eigenvalue weighted by molar-refractivity contribution is -0.122. The van der Waals surface area contributed by atoms with E-state index in [4.69, 9.17) is 0 Å². The molecule has 0 aromatic heterocycles. The SMILES string of the molecule is CN1CCN(C)[C@H](CC(=O)NCc2ccc(C(=O)N3CCCC3)cc2)C1. The number of hydrogen-bond donors (Lipinski definition) is 1. The van der Waals surface area contributed by atoms with Crippen molar-refractivity contribution >= 4 is 11.8 Å². The molecular weight excluding hydrogens is 328 g/mol. The number of likely N-dealkylation sites (N-methyl/N-ethyl adjacent to an activating group) is 2. The van der Waals surface area contributed by atoms with Crippen LogP contribution in [0.3, 0.4) is 0 Å². The van der Waals surface area contributed by atoms with Crippen LogP contribution in [0.5, 0.6) is 0 Å². The van der Waals surface area contributed by atoms with Crippen LogP contribution < -0.4 is 5.32 Å². The van der Waals surface area contributed by atoms with Gasteiger partial charge in [0.05, 0.1) is 0 Å². The van der Waals surface area contributed by atoms with Crippen molar-refractivity contribution in [3.63, 3.8) is 0 Å². The first-order chi connectivity index (χ1) is 12.5. The number of hydrogen-bond acceptors (Lipinski definition) is 4. The Labute approximate surface area is 156 Å². The van der Waals surface area contributed by atoms with Gasteiger partial charge in [0.2, 0.25) is 5.91 Å². The maximum absolute atomic E-state index is 12.4. The van der Waals surface area contributed by atoms with Gasteiger partial charge in [-0.3, -0.25) is 9.59 Å². The van der Waals surface area contributed by atoms with Crippen LogP contribution in [-0.4, -0.2) is 79.4 Å². The van der Waals surface area contributed by atoms with Gasteiger partial charge in [-0.25, -0.2) is 0 Å². The Morgan fingerprint density at radius 1 is 1.04 bits per heavy atom. The number of rotatable bonds is 5. The van der Waals surface area contributed by atoms with Crippen LogP contribution >= 0.6 is 0 Å². The van der Waals surface area contributed by atoms with Crippen molar-refractivity contribution in [1.82, 2.24) is 20.0 Å². The molecule has 0 unspecified atom stereocenters. The highest BCUT2D eigenvalue weighted by Gasteiger charge is 2.24. The maximum Gasteiger partial charge on any atom is 0.253 e. The van der Waals surface area contributed by atoms with E-state index in [9.17, 15) is 9.59 Å². The Kier molecular flexibility index (Phi) is 6.27. The van der Waals surface area contributed by atoms with E-state index in [1.807, 2.05) is 29.2 Å². The molecule has 0 bridgehead atoms. The minimum atomic E-state index is 0.0781. The number of carbonyl (C=O) groups is 2. The maximum atomic E-state index is 12.4. The van der Waals surface area contributed by atoms with Crippen LogP contribution in [0.1, 0.15) is 35.2 Å². The predicted molar refractivity (Wildman–Crippen MR) is 102 cm³/mol. The number of piperazine rings is 1. The van der Waals surface area contributed by atoms with Crippen molar-refractivity contribution in [2.24, 2.45) is 0 Å². The highest BCUT2D eigenvalue weighted by atomic mass is 16.2. The van der Waals surface area contributed by atoms with Gasteiger partial charge in [0, 0.05) is 57.3 Å². The Morgan fingerprint density at radius 3 is 2.42 bits per heavy atom. The smallest absolute Gasteiger partial charge is 0.253 e. The molecule has 0 saturated carbocycles. The van der Waals surface area contributed by atoms with Gasteiger partial charge in [-0.05, 0) is 44.6 Å². The van der Waals surface area contributed by atoms with E-state index in [0.717, 1.165) is 56.7 Å². The van der Waals surface area contributed by atoms with Crippen molar-refractivity contribution < 1.29 is 9.59 Å². The lowest BCUT2D eigenvalue weighted by Gasteiger charge is -2.37. The van der Waals surface area contributed by atoms with Crippen molar-refractivity contribution in [2.75, 3.05) is 46.8 Å². The lowest BCUT2D eigenvalue weighted by atomic mass is 10.1. The van der Waals surface area contributed by atoms with E-state index in [2.05, 4.69) is 29.2 Å². The van der Waals surface area contributed by atoms with Crippen molar-refractivity contribution in [3.05, 3.63) is 35.4 Å². The van der Waals surface area contributed by atoms with Gasteiger partial charge in [0.1, 0.15) is 0 Å². The minimum Gasteiger partial charge on any atom is -0.352 e. The van der Waals surface area contributed by atoms with E-state index >= 15 is 0 Å². The number of amides is 2. The molecule has 1 aromatic rings. The fourth-order valence-corrected chi connectivity index (χ4v) is 3.68. The third-order valence-corrected chi connectivity index (χ3v) is 5.49. The Balaban J connectivity index is 1.46. The van der Waals surface area contributed by atoms with Gasteiger partial charge in [-0.1, -0.05) is 12.1 Å². The zero-order chi connectivity index (χ0) is 18.5. The third kappa shape index (κ3) is 4.83. The fraction of sp³-hybridized carbons (Fsp3) is 0.600. The molecule has 26 heavy (non-hydrogen) atoms. The summed E-state index contributed by atoms with van der Waals surface area (Å²) >= 11 is 0. The van der Waals surface area contributed by atoms with Crippen LogP contribution in [0.25, 0.3) is 0 Å². The molecule has 0 spiro atoms. The first-order valence-electron chi connectivity index (χ1n) is 9.56. The summed E-state index contributed by atoms with van der Waals surface area (Å²) in [6.07, 6.45) is 2.72. The molecule has 2 saturated heterocycles. The van der Waals surface area contributed by atoms with Gasteiger partial charge in [0.25, 0.3) is 5.91 Å².